The zero-order valence-electron chi connectivity index (χ0n) is 11.1. The Bertz CT molecular complexity index is 422. The molecule has 1 aliphatic rings. The minimum atomic E-state index is -4.18. The van der Waals surface area contributed by atoms with Crippen molar-refractivity contribution in [2.24, 2.45) is 0 Å². The third-order valence-electron chi connectivity index (χ3n) is 2.97. The van der Waals surface area contributed by atoms with Crippen LogP contribution in [0.2, 0.25) is 0 Å². The second-order valence-electron chi connectivity index (χ2n) is 4.77. The van der Waals surface area contributed by atoms with Crippen LogP contribution in [0.15, 0.2) is 6.07 Å². The fraction of sp³-hybridized carbons (Fsp3) is 0.750. The van der Waals surface area contributed by atoms with Gasteiger partial charge in [0.2, 0.25) is 5.88 Å². The lowest BCUT2D eigenvalue weighted by atomic mass is 10.2. The summed E-state index contributed by atoms with van der Waals surface area (Å²) in [6.07, 6.45) is -5.40. The van der Waals surface area contributed by atoms with Crippen molar-refractivity contribution < 1.29 is 27.8 Å². The van der Waals surface area contributed by atoms with Gasteiger partial charge in [-0.25, -0.2) is 4.68 Å². The Morgan fingerprint density at radius 2 is 2.30 bits per heavy atom. The van der Waals surface area contributed by atoms with E-state index < -0.39 is 18.7 Å². The van der Waals surface area contributed by atoms with Gasteiger partial charge in [0.1, 0.15) is 6.10 Å². The van der Waals surface area contributed by atoms with Gasteiger partial charge in [0.15, 0.2) is 0 Å². The van der Waals surface area contributed by atoms with Crippen LogP contribution in [-0.2, 0) is 11.3 Å². The van der Waals surface area contributed by atoms with Crippen molar-refractivity contribution in [3.05, 3.63) is 11.8 Å². The van der Waals surface area contributed by atoms with Crippen LogP contribution < -0.4 is 4.74 Å². The lowest BCUT2D eigenvalue weighted by Crippen LogP contribution is -2.19. The number of fused-ring (bicyclic) bond motifs is 1. The highest BCUT2D eigenvalue weighted by atomic mass is 19.4. The maximum absolute atomic E-state index is 11.9. The molecule has 1 aromatic heterocycles. The Balaban J connectivity index is 1.66. The topological polar surface area (TPSA) is 56.5 Å². The quantitative estimate of drug-likeness (QED) is 0.816. The molecule has 0 saturated carbocycles. The van der Waals surface area contributed by atoms with Gasteiger partial charge in [-0.3, -0.25) is 0 Å². The monoisotopic (exact) mass is 294 g/mol. The van der Waals surface area contributed by atoms with Gasteiger partial charge in [0, 0.05) is 12.5 Å². The molecular formula is C12H17F3N2O3. The van der Waals surface area contributed by atoms with E-state index in [-0.39, 0.29) is 19.3 Å². The average Bonchev–Trinajstić information content (AvgIpc) is 2.84. The number of aromatic nitrogens is 2. The van der Waals surface area contributed by atoms with Crippen LogP contribution in [0.1, 0.15) is 31.6 Å². The highest BCUT2D eigenvalue weighted by Gasteiger charge is 2.27. The minimum absolute atomic E-state index is 0.147. The smallest absolute Gasteiger partial charge is 0.391 e. The van der Waals surface area contributed by atoms with Gasteiger partial charge in [-0.05, 0) is 6.92 Å². The number of aliphatic hydroxyl groups is 1. The second kappa shape index (κ2) is 6.01. The predicted octanol–water partition coefficient (Wildman–Crippen LogP) is 2.06. The molecule has 2 atom stereocenters. The summed E-state index contributed by atoms with van der Waals surface area (Å²) in [5.74, 6) is 0.571. The summed E-state index contributed by atoms with van der Waals surface area (Å²) >= 11 is 0. The molecule has 114 valence electrons. The number of aliphatic hydroxyl groups excluding tert-OH is 1. The number of ether oxygens (including phenoxy) is 2. The van der Waals surface area contributed by atoms with Crippen LogP contribution in [0.3, 0.4) is 0 Å². The van der Waals surface area contributed by atoms with Gasteiger partial charge in [-0.1, -0.05) is 0 Å². The molecule has 0 bridgehead atoms. The molecule has 0 spiro atoms. The average molecular weight is 294 g/mol. The molecule has 0 aliphatic carbocycles. The Morgan fingerprint density at radius 1 is 1.55 bits per heavy atom. The normalized spacial score (nSPS) is 19.8. The number of alkyl halides is 3. The maximum atomic E-state index is 11.9. The van der Waals surface area contributed by atoms with Gasteiger partial charge < -0.3 is 14.6 Å². The first-order valence-corrected chi connectivity index (χ1v) is 6.42. The van der Waals surface area contributed by atoms with Gasteiger partial charge in [0.25, 0.3) is 0 Å². The van der Waals surface area contributed by atoms with E-state index in [9.17, 15) is 18.3 Å². The molecule has 2 heterocycles. The van der Waals surface area contributed by atoms with Crippen molar-refractivity contribution in [1.82, 2.24) is 9.78 Å². The van der Waals surface area contributed by atoms with E-state index >= 15 is 0 Å². The first kappa shape index (κ1) is 15.1. The highest BCUT2D eigenvalue weighted by Crippen LogP contribution is 2.26. The number of hydrogen-bond donors (Lipinski definition) is 1. The Morgan fingerprint density at radius 3 is 2.90 bits per heavy atom. The molecule has 8 heteroatoms. The van der Waals surface area contributed by atoms with E-state index in [4.69, 9.17) is 9.47 Å². The molecule has 1 aromatic rings. The lowest BCUT2D eigenvalue weighted by Gasteiger charge is -2.11. The molecule has 0 fully saturated rings. The maximum Gasteiger partial charge on any atom is 0.391 e. The van der Waals surface area contributed by atoms with Crippen molar-refractivity contribution in [3.8, 4) is 5.88 Å². The standard InChI is InChI=1S/C12H17F3N2O3/c1-8(18)10-6-11-17(16-10)7-9(20-11)2-4-19-5-3-12(13,14)15/h6,8-9,18H,2-5,7H2,1H3. The second-order valence-corrected chi connectivity index (χ2v) is 4.77. The van der Waals surface area contributed by atoms with Crippen LogP contribution in [-0.4, -0.2) is 40.4 Å². The first-order valence-electron chi connectivity index (χ1n) is 6.42. The van der Waals surface area contributed by atoms with Crippen LogP contribution in [0.4, 0.5) is 13.2 Å². The summed E-state index contributed by atoms with van der Waals surface area (Å²) in [4.78, 5) is 0. The molecule has 20 heavy (non-hydrogen) atoms. The minimum Gasteiger partial charge on any atom is -0.472 e. The van der Waals surface area contributed by atoms with E-state index in [0.29, 0.717) is 24.5 Å². The molecule has 0 aromatic carbocycles. The predicted molar refractivity (Wildman–Crippen MR) is 63.4 cm³/mol. The largest absolute Gasteiger partial charge is 0.472 e. The SMILES string of the molecule is CC(O)c1cc2n(n1)CC(CCOCCC(F)(F)F)O2. The fourth-order valence-corrected chi connectivity index (χ4v) is 1.90. The Labute approximate surface area is 114 Å². The van der Waals surface area contributed by atoms with Crippen molar-refractivity contribution >= 4 is 0 Å². The summed E-state index contributed by atoms with van der Waals surface area (Å²) in [6.45, 7) is 2.02. The molecule has 1 aliphatic heterocycles. The van der Waals surface area contributed by atoms with E-state index in [1.807, 2.05) is 0 Å². The summed E-state index contributed by atoms with van der Waals surface area (Å²) in [5.41, 5.74) is 0.542. The lowest BCUT2D eigenvalue weighted by molar-refractivity contribution is -0.145. The van der Waals surface area contributed by atoms with Crippen molar-refractivity contribution in [2.45, 2.75) is 44.7 Å². The van der Waals surface area contributed by atoms with Crippen molar-refractivity contribution in [1.29, 1.82) is 0 Å². The molecule has 2 rings (SSSR count). The van der Waals surface area contributed by atoms with Gasteiger partial charge >= 0.3 is 6.18 Å². The summed E-state index contributed by atoms with van der Waals surface area (Å²) < 4.78 is 47.8. The number of nitrogens with zero attached hydrogens (tertiary/aromatic N) is 2. The zero-order valence-corrected chi connectivity index (χ0v) is 11.1. The van der Waals surface area contributed by atoms with Crippen LogP contribution in [0.5, 0.6) is 5.88 Å². The van der Waals surface area contributed by atoms with Gasteiger partial charge in [-0.2, -0.15) is 18.3 Å². The zero-order chi connectivity index (χ0) is 14.8. The number of rotatable bonds is 6. The number of halogens is 3. The van der Waals surface area contributed by atoms with Gasteiger partial charge in [-0.15, -0.1) is 0 Å². The van der Waals surface area contributed by atoms with Crippen LogP contribution >= 0.6 is 0 Å². The first-order chi connectivity index (χ1) is 9.35. The summed E-state index contributed by atoms with van der Waals surface area (Å²) in [6, 6.07) is 1.66. The molecule has 1 N–H and O–H groups in total. The van der Waals surface area contributed by atoms with Crippen molar-refractivity contribution in [2.75, 3.05) is 13.2 Å². The third-order valence-corrected chi connectivity index (χ3v) is 2.97. The van der Waals surface area contributed by atoms with Crippen LogP contribution in [0.25, 0.3) is 0 Å². The van der Waals surface area contributed by atoms with Gasteiger partial charge in [0.05, 0.1) is 38.0 Å². The Kier molecular flexibility index (Phi) is 4.54. The van der Waals surface area contributed by atoms with E-state index in [0.717, 1.165) is 0 Å². The van der Waals surface area contributed by atoms with E-state index in [1.54, 1.807) is 17.7 Å². The molecule has 0 radical (unpaired) electrons. The van der Waals surface area contributed by atoms with Crippen molar-refractivity contribution in [3.63, 3.8) is 0 Å². The Hall–Kier alpha value is -1.28. The fourth-order valence-electron chi connectivity index (χ4n) is 1.90. The molecule has 5 nitrogen and oxygen atoms in total. The third kappa shape index (κ3) is 4.11. The summed E-state index contributed by atoms with van der Waals surface area (Å²) in [5, 5.41) is 13.5. The van der Waals surface area contributed by atoms with Crippen LogP contribution in [0, 0.1) is 0 Å². The molecule has 2 unspecified atom stereocenters. The molecule has 0 amide bonds. The number of hydrogen-bond acceptors (Lipinski definition) is 4. The highest BCUT2D eigenvalue weighted by molar-refractivity contribution is 5.20. The molecular weight excluding hydrogens is 277 g/mol. The molecule has 0 saturated heterocycles. The summed E-state index contributed by atoms with van der Waals surface area (Å²) in [7, 11) is 0. The van der Waals surface area contributed by atoms with E-state index in [2.05, 4.69) is 5.10 Å². The van der Waals surface area contributed by atoms with E-state index in [1.165, 1.54) is 0 Å².